The Labute approximate surface area is 530 Å². The van der Waals surface area contributed by atoms with E-state index in [0.29, 0.717) is 54.4 Å². The van der Waals surface area contributed by atoms with E-state index < -0.39 is 0 Å². The lowest BCUT2D eigenvalue weighted by Crippen LogP contribution is -1.80. The van der Waals surface area contributed by atoms with E-state index in [-0.39, 0.29) is 28.5 Å². The number of aryl methyl sites for hydroxylation is 5. The van der Waals surface area contributed by atoms with Crippen LogP contribution in [0.4, 0.5) is 5.69 Å². The second-order valence-electron chi connectivity index (χ2n) is 19.6. The maximum absolute atomic E-state index is 10.4. The second kappa shape index (κ2) is 24.1. The Morgan fingerprint density at radius 2 is 0.885 bits per heavy atom. The van der Waals surface area contributed by atoms with Crippen LogP contribution in [0.25, 0.3) is 113 Å². The van der Waals surface area contributed by atoms with Crippen molar-refractivity contribution >= 4 is 165 Å². The zero-order valence-corrected chi connectivity index (χ0v) is 52.6. The minimum Gasteiger partial charge on any atom is -0.435 e. The molecule has 0 amide bonds. The predicted molar refractivity (Wildman–Crippen MR) is 356 cm³/mol. The minimum absolute atomic E-state index is 0.104. The van der Waals surface area contributed by atoms with E-state index in [0.717, 1.165) is 96.1 Å². The number of allylic oxidation sites excluding steroid dienone is 4. The van der Waals surface area contributed by atoms with Gasteiger partial charge in [-0.05, 0) is 183 Å². The molecule has 412 valence electrons. The van der Waals surface area contributed by atoms with Crippen LogP contribution in [-0.2, 0) is 0 Å². The van der Waals surface area contributed by atoms with E-state index in [1.807, 2.05) is 56.3 Å². The third-order valence-electron chi connectivity index (χ3n) is 13.5. The summed E-state index contributed by atoms with van der Waals surface area (Å²) in [7, 11) is 0. The fourth-order valence-electron chi connectivity index (χ4n) is 9.42. The molecule has 0 saturated carbocycles. The predicted octanol–water partition coefficient (Wildman–Crippen LogP) is 20.6. The van der Waals surface area contributed by atoms with Crippen molar-refractivity contribution in [3.63, 3.8) is 0 Å². The summed E-state index contributed by atoms with van der Waals surface area (Å²) < 4.78 is 12.0. The molecule has 12 rings (SSSR count). The molecule has 0 bridgehead atoms. The van der Waals surface area contributed by atoms with Gasteiger partial charge in [0.1, 0.15) is 69.0 Å². The van der Waals surface area contributed by atoms with Crippen molar-refractivity contribution in [1.82, 2.24) is 9.97 Å². The first kappa shape index (κ1) is 57.3. The summed E-state index contributed by atoms with van der Waals surface area (Å²) in [6, 6.07) is 48.7. The summed E-state index contributed by atoms with van der Waals surface area (Å²) >= 11 is 12.4. The SMILES string of the molecule is Cc1cc(/C=C(\C#N)c2nc3cc(C#N)ccc3o2)sc1-c1ccc(-c2sc(/C=C(\C#N)c3nc4cc(C#N)c([N+]#Cc5ccc(/C(C#N)=C/c6cc(C)c(-c7sc(-c8sc(/C=C(\C#N)c9ccc(C#N)s9)cc8C)cc7C)s6)s5)cc4o3)cc2C)s1. The molecule has 0 saturated heterocycles. The summed E-state index contributed by atoms with van der Waals surface area (Å²) in [6.07, 6.45) is 7.31. The summed E-state index contributed by atoms with van der Waals surface area (Å²) in [5.74, 6) is 0.294. The fourth-order valence-corrected chi connectivity index (χ4v) is 18.4. The molecule has 12 nitrogen and oxygen atoms in total. The standard InChI is InChI=1S/C67H35N10O2S8/c1-34-14-49(22-43(30-72)66-76-52-19-39(26-68)6-9-54(52)78-66)82-61(34)58-12-13-59(86-58)62-35(2)15-50(83-62)23-44(31-73)67-77-53-24-40(27-69)51(25-55(53)79-67)75-33-46-8-11-57(81-46)42(29-71)21-48-17-37(4)64(85-48)65-38(5)18-60(87-65)63-36(3)16-47(84-63)20-41(28-70)56-10-7-45(32-74)80-56/h6-25H,1-5H3/q+1/b41-20+,42-21+,43-22+,44-23+. The maximum Gasteiger partial charge on any atom is 0.362 e. The fraction of sp³-hybridized carbons (Fsp3) is 0.0746. The minimum atomic E-state index is 0.104. The first-order valence-electron chi connectivity index (χ1n) is 26.1. The number of nitriles is 7. The Kier molecular flexibility index (Phi) is 15.9. The van der Waals surface area contributed by atoms with Gasteiger partial charge in [0.05, 0.1) is 28.8 Å². The maximum atomic E-state index is 10.4. The number of hydrogen-bond donors (Lipinski definition) is 0. The molecule has 0 aliphatic rings. The van der Waals surface area contributed by atoms with Crippen molar-refractivity contribution in [2.45, 2.75) is 34.6 Å². The highest BCUT2D eigenvalue weighted by Gasteiger charge is 2.23. The molecule has 0 atom stereocenters. The van der Waals surface area contributed by atoms with Crippen molar-refractivity contribution in [2.75, 3.05) is 0 Å². The van der Waals surface area contributed by atoms with Crippen molar-refractivity contribution in [1.29, 1.82) is 36.8 Å². The summed E-state index contributed by atoms with van der Waals surface area (Å²) in [5.41, 5.74) is 9.73. The van der Waals surface area contributed by atoms with Crippen LogP contribution in [0.2, 0.25) is 0 Å². The number of hydrogen-bond acceptors (Lipinski definition) is 19. The van der Waals surface area contributed by atoms with Gasteiger partial charge < -0.3 is 8.83 Å². The van der Waals surface area contributed by atoms with Gasteiger partial charge in [-0.25, -0.2) is 9.97 Å². The van der Waals surface area contributed by atoms with E-state index in [9.17, 15) is 36.8 Å². The van der Waals surface area contributed by atoms with Crippen molar-refractivity contribution < 1.29 is 8.83 Å². The van der Waals surface area contributed by atoms with Crippen LogP contribution in [0.3, 0.4) is 0 Å². The Morgan fingerprint density at radius 3 is 1.41 bits per heavy atom. The first-order chi connectivity index (χ1) is 42.2. The number of thiophene rings is 8. The molecule has 20 heteroatoms. The molecule has 10 aromatic heterocycles. The van der Waals surface area contributed by atoms with Gasteiger partial charge in [-0.1, -0.05) is 0 Å². The highest BCUT2D eigenvalue weighted by atomic mass is 32.1. The molecule has 10 heterocycles. The number of nitrogens with zero attached hydrogens (tertiary/aromatic N) is 10. The van der Waals surface area contributed by atoms with E-state index in [4.69, 9.17) is 8.83 Å². The van der Waals surface area contributed by atoms with E-state index >= 15 is 0 Å². The Hall–Kier alpha value is -10.1. The Morgan fingerprint density at radius 1 is 0.414 bits per heavy atom. The first-order valence-corrected chi connectivity index (χ1v) is 32.6. The number of rotatable bonds is 12. The van der Waals surface area contributed by atoms with Gasteiger partial charge in [0.15, 0.2) is 16.0 Å². The number of fused-ring (bicyclic) bond motifs is 2. The summed E-state index contributed by atoms with van der Waals surface area (Å²) in [6.45, 7) is 10.4. The zero-order chi connectivity index (χ0) is 60.6. The molecule has 2 aromatic carbocycles. The highest BCUT2D eigenvalue weighted by Crippen LogP contribution is 2.48. The molecule has 87 heavy (non-hydrogen) atoms. The summed E-state index contributed by atoms with van der Waals surface area (Å²) in [5, 5.41) is 69.6. The van der Waals surface area contributed by atoms with Crippen LogP contribution in [0, 0.1) is 120 Å². The monoisotopic (exact) mass is 1270 g/mol. The molecular formula is C67H35N10O2S8+. The molecular weight excluding hydrogens is 1230 g/mol. The van der Waals surface area contributed by atoms with Gasteiger partial charge in [-0.2, -0.15) is 36.8 Å². The van der Waals surface area contributed by atoms with Gasteiger partial charge in [0.25, 0.3) is 0 Å². The average molecular weight is 1270 g/mol. The van der Waals surface area contributed by atoms with Crippen molar-refractivity contribution in [2.24, 2.45) is 0 Å². The van der Waals surface area contributed by atoms with Crippen molar-refractivity contribution in [3.8, 4) is 87.6 Å². The molecule has 0 aliphatic carbocycles. The number of benzene rings is 2. The number of aromatic nitrogens is 2. The topological polar surface area (TPSA) is 223 Å². The average Bonchev–Trinajstić information content (AvgIpc) is 3.22. The van der Waals surface area contributed by atoms with Crippen LogP contribution in [0.1, 0.15) is 89.7 Å². The summed E-state index contributed by atoms with van der Waals surface area (Å²) in [4.78, 5) is 28.8. The molecule has 12 aromatic rings. The van der Waals surface area contributed by atoms with Gasteiger partial charge in [-0.3, -0.25) is 0 Å². The van der Waals surface area contributed by atoms with Crippen molar-refractivity contribution in [3.05, 3.63) is 192 Å². The largest absolute Gasteiger partial charge is 0.435 e. The lowest BCUT2D eigenvalue weighted by atomic mass is 10.1. The van der Waals surface area contributed by atoms with E-state index in [1.165, 1.54) is 22.7 Å². The third-order valence-corrected chi connectivity index (χ3v) is 23.3. The quantitative estimate of drug-likeness (QED) is 0.105. The Balaban J connectivity index is 0.735. The van der Waals surface area contributed by atoms with Gasteiger partial charge in [0.2, 0.25) is 11.8 Å². The molecule has 0 N–H and O–H groups in total. The smallest absolute Gasteiger partial charge is 0.362 e. The van der Waals surface area contributed by atoms with Gasteiger partial charge in [-0.15, -0.1) is 90.7 Å². The van der Waals surface area contributed by atoms with Crippen LogP contribution in [0.15, 0.2) is 106 Å². The van der Waals surface area contributed by atoms with Crippen LogP contribution >= 0.6 is 90.7 Å². The van der Waals surface area contributed by atoms with Crippen LogP contribution < -0.4 is 0 Å². The second-order valence-corrected chi connectivity index (χ2v) is 28.2. The Bertz CT molecular complexity index is 5360. The highest BCUT2D eigenvalue weighted by molar-refractivity contribution is 7.28. The van der Waals surface area contributed by atoms with E-state index in [1.54, 1.807) is 117 Å². The number of oxazole rings is 2. The molecule has 0 spiro atoms. The van der Waals surface area contributed by atoms with Crippen LogP contribution in [-0.4, -0.2) is 9.97 Å². The van der Waals surface area contributed by atoms with Gasteiger partial charge >= 0.3 is 11.8 Å². The van der Waals surface area contributed by atoms with E-state index in [2.05, 4.69) is 114 Å². The molecule has 0 fully saturated rings. The van der Waals surface area contributed by atoms with Crippen LogP contribution in [0.5, 0.6) is 0 Å². The lowest BCUT2D eigenvalue weighted by Gasteiger charge is -1.97. The molecule has 0 aliphatic heterocycles. The molecule has 0 unspecified atom stereocenters. The normalized spacial score (nSPS) is 11.8. The zero-order valence-electron chi connectivity index (χ0n) is 46.1. The molecule has 0 radical (unpaired) electrons. The lowest BCUT2D eigenvalue weighted by molar-refractivity contribution is 0.586. The van der Waals surface area contributed by atoms with Gasteiger partial charge in [0, 0.05) is 68.3 Å². The third kappa shape index (κ3) is 11.6.